The van der Waals surface area contributed by atoms with E-state index in [0.29, 0.717) is 18.0 Å². The molecule has 1 aliphatic carbocycles. The molecule has 1 saturated carbocycles. The van der Waals surface area contributed by atoms with Crippen molar-refractivity contribution >= 4 is 28.2 Å². The highest BCUT2D eigenvalue weighted by Crippen LogP contribution is 2.31. The standard InChI is InChI=1S/C15H21N3O3S/c1-18-6-7-21-11(9-18)8-16-15(20)12-4-5-13(22-12)17-14(19)10-2-3-10/h4-5,10-11H,2-3,6-9H2,1H3,(H,16,20)(H,17,19). The summed E-state index contributed by atoms with van der Waals surface area (Å²) in [5.41, 5.74) is 0. The second kappa shape index (κ2) is 6.76. The summed E-state index contributed by atoms with van der Waals surface area (Å²) in [4.78, 5) is 26.6. The van der Waals surface area contributed by atoms with Crippen molar-refractivity contribution in [1.29, 1.82) is 0 Å². The number of morpholine rings is 1. The highest BCUT2D eigenvalue weighted by molar-refractivity contribution is 7.18. The van der Waals surface area contributed by atoms with Crippen LogP contribution in [0, 0.1) is 5.92 Å². The first-order chi connectivity index (χ1) is 10.6. The fourth-order valence-corrected chi connectivity index (χ4v) is 3.21. The van der Waals surface area contributed by atoms with E-state index in [1.807, 2.05) is 7.05 Å². The SMILES string of the molecule is CN1CCOC(CNC(=O)c2ccc(NC(=O)C3CC3)s2)C1. The molecular weight excluding hydrogens is 302 g/mol. The molecule has 7 heteroatoms. The maximum Gasteiger partial charge on any atom is 0.261 e. The third kappa shape index (κ3) is 4.06. The van der Waals surface area contributed by atoms with Crippen LogP contribution in [0.2, 0.25) is 0 Å². The van der Waals surface area contributed by atoms with E-state index < -0.39 is 0 Å². The Kier molecular flexibility index (Phi) is 4.75. The lowest BCUT2D eigenvalue weighted by atomic mass is 10.3. The highest BCUT2D eigenvalue weighted by Gasteiger charge is 2.30. The number of likely N-dealkylation sites (N-methyl/N-ethyl adjacent to an activating group) is 1. The number of nitrogens with zero attached hydrogens (tertiary/aromatic N) is 1. The quantitative estimate of drug-likeness (QED) is 0.853. The van der Waals surface area contributed by atoms with Crippen LogP contribution in [0.3, 0.4) is 0 Å². The van der Waals surface area contributed by atoms with Gasteiger partial charge in [0, 0.05) is 25.6 Å². The number of hydrogen-bond donors (Lipinski definition) is 2. The van der Waals surface area contributed by atoms with Gasteiger partial charge in [0.2, 0.25) is 5.91 Å². The molecule has 2 amide bonds. The molecule has 2 fully saturated rings. The van der Waals surface area contributed by atoms with Gasteiger partial charge >= 0.3 is 0 Å². The Morgan fingerprint density at radius 3 is 2.95 bits per heavy atom. The zero-order valence-corrected chi connectivity index (χ0v) is 13.4. The van der Waals surface area contributed by atoms with Crippen LogP contribution < -0.4 is 10.6 Å². The van der Waals surface area contributed by atoms with Gasteiger partial charge in [-0.3, -0.25) is 9.59 Å². The Bertz CT molecular complexity index is 556. The van der Waals surface area contributed by atoms with E-state index in [9.17, 15) is 9.59 Å². The van der Waals surface area contributed by atoms with Gasteiger partial charge in [0.15, 0.2) is 0 Å². The van der Waals surface area contributed by atoms with Crippen molar-refractivity contribution in [3.05, 3.63) is 17.0 Å². The molecule has 0 aromatic carbocycles. The fraction of sp³-hybridized carbons (Fsp3) is 0.600. The van der Waals surface area contributed by atoms with Crippen LogP contribution in [0.5, 0.6) is 0 Å². The molecule has 1 unspecified atom stereocenters. The van der Waals surface area contributed by atoms with Crippen LogP contribution in [-0.4, -0.2) is 56.1 Å². The molecule has 120 valence electrons. The summed E-state index contributed by atoms with van der Waals surface area (Å²) in [6.45, 7) is 2.96. The van der Waals surface area contributed by atoms with Gasteiger partial charge in [-0.2, -0.15) is 0 Å². The third-order valence-corrected chi connectivity index (χ3v) is 4.86. The van der Waals surface area contributed by atoms with Crippen molar-refractivity contribution in [2.45, 2.75) is 18.9 Å². The van der Waals surface area contributed by atoms with E-state index >= 15 is 0 Å². The van der Waals surface area contributed by atoms with Crippen molar-refractivity contribution in [2.75, 3.05) is 38.6 Å². The van der Waals surface area contributed by atoms with E-state index in [2.05, 4.69) is 15.5 Å². The maximum atomic E-state index is 12.1. The van der Waals surface area contributed by atoms with Crippen molar-refractivity contribution in [3.8, 4) is 0 Å². The Labute approximate surface area is 133 Å². The summed E-state index contributed by atoms with van der Waals surface area (Å²) in [5, 5.41) is 6.49. The minimum Gasteiger partial charge on any atom is -0.374 e. The van der Waals surface area contributed by atoms with E-state index in [1.165, 1.54) is 11.3 Å². The summed E-state index contributed by atoms with van der Waals surface area (Å²) < 4.78 is 5.62. The normalized spacial score (nSPS) is 22.3. The molecule has 2 heterocycles. The van der Waals surface area contributed by atoms with Crippen molar-refractivity contribution in [3.63, 3.8) is 0 Å². The van der Waals surface area contributed by atoms with Crippen LogP contribution >= 0.6 is 11.3 Å². The predicted molar refractivity (Wildman–Crippen MR) is 85.2 cm³/mol. The van der Waals surface area contributed by atoms with Gasteiger partial charge in [-0.05, 0) is 32.0 Å². The van der Waals surface area contributed by atoms with Gasteiger partial charge in [-0.15, -0.1) is 11.3 Å². The average Bonchev–Trinajstić information content (AvgIpc) is 3.25. The Hall–Kier alpha value is -1.44. The summed E-state index contributed by atoms with van der Waals surface area (Å²) in [6, 6.07) is 3.53. The molecule has 2 aliphatic rings. The van der Waals surface area contributed by atoms with Crippen molar-refractivity contribution in [1.82, 2.24) is 10.2 Å². The van der Waals surface area contributed by atoms with E-state index in [1.54, 1.807) is 12.1 Å². The monoisotopic (exact) mass is 323 g/mol. The minimum atomic E-state index is -0.117. The van der Waals surface area contributed by atoms with Crippen LogP contribution in [0.15, 0.2) is 12.1 Å². The minimum absolute atomic E-state index is 0.0386. The number of carbonyl (C=O) groups is 2. The van der Waals surface area contributed by atoms with Crippen LogP contribution in [-0.2, 0) is 9.53 Å². The lowest BCUT2D eigenvalue weighted by Crippen LogP contribution is -2.45. The van der Waals surface area contributed by atoms with Crippen LogP contribution in [0.4, 0.5) is 5.00 Å². The zero-order chi connectivity index (χ0) is 15.5. The molecular formula is C15H21N3O3S. The molecule has 3 rings (SSSR count). The predicted octanol–water partition coefficient (Wildman–Crippen LogP) is 1.16. The number of rotatable bonds is 5. The topological polar surface area (TPSA) is 70.7 Å². The lowest BCUT2D eigenvalue weighted by molar-refractivity contribution is -0.117. The summed E-state index contributed by atoms with van der Waals surface area (Å²) in [7, 11) is 2.05. The second-order valence-electron chi connectivity index (χ2n) is 5.89. The molecule has 1 saturated heterocycles. The molecule has 22 heavy (non-hydrogen) atoms. The smallest absolute Gasteiger partial charge is 0.261 e. The first-order valence-electron chi connectivity index (χ1n) is 7.61. The largest absolute Gasteiger partial charge is 0.374 e. The zero-order valence-electron chi connectivity index (χ0n) is 12.6. The number of anilines is 1. The molecule has 6 nitrogen and oxygen atoms in total. The summed E-state index contributed by atoms with van der Waals surface area (Å²) in [5.74, 6) is 0.112. The van der Waals surface area contributed by atoms with E-state index in [-0.39, 0.29) is 23.8 Å². The molecule has 1 aromatic rings. The van der Waals surface area contributed by atoms with Crippen LogP contribution in [0.25, 0.3) is 0 Å². The van der Waals surface area contributed by atoms with Gasteiger partial charge in [0.25, 0.3) is 5.91 Å². The van der Waals surface area contributed by atoms with E-state index in [0.717, 1.165) is 30.9 Å². The van der Waals surface area contributed by atoms with Gasteiger partial charge in [-0.25, -0.2) is 0 Å². The molecule has 0 radical (unpaired) electrons. The first kappa shape index (κ1) is 15.5. The van der Waals surface area contributed by atoms with Crippen molar-refractivity contribution < 1.29 is 14.3 Å². The first-order valence-corrected chi connectivity index (χ1v) is 8.42. The number of nitrogens with one attached hydrogen (secondary N) is 2. The maximum absolute atomic E-state index is 12.1. The van der Waals surface area contributed by atoms with Crippen LogP contribution in [0.1, 0.15) is 22.5 Å². The Balaban J connectivity index is 1.47. The lowest BCUT2D eigenvalue weighted by Gasteiger charge is -2.30. The van der Waals surface area contributed by atoms with E-state index in [4.69, 9.17) is 4.74 Å². The van der Waals surface area contributed by atoms with Gasteiger partial charge in [-0.1, -0.05) is 0 Å². The molecule has 1 aromatic heterocycles. The number of hydrogen-bond acceptors (Lipinski definition) is 5. The molecule has 1 aliphatic heterocycles. The number of carbonyl (C=O) groups excluding carboxylic acids is 2. The van der Waals surface area contributed by atoms with Gasteiger partial charge < -0.3 is 20.3 Å². The average molecular weight is 323 g/mol. The molecule has 1 atom stereocenters. The fourth-order valence-electron chi connectivity index (χ4n) is 2.38. The Morgan fingerprint density at radius 1 is 1.41 bits per heavy atom. The van der Waals surface area contributed by atoms with Crippen molar-refractivity contribution in [2.24, 2.45) is 5.92 Å². The third-order valence-electron chi connectivity index (χ3n) is 3.86. The molecule has 0 bridgehead atoms. The second-order valence-corrected chi connectivity index (χ2v) is 6.98. The number of amides is 2. The highest BCUT2D eigenvalue weighted by atomic mass is 32.1. The molecule has 0 spiro atoms. The summed E-state index contributed by atoms with van der Waals surface area (Å²) in [6.07, 6.45) is 1.98. The molecule has 2 N–H and O–H groups in total. The van der Waals surface area contributed by atoms with Gasteiger partial charge in [0.1, 0.15) is 0 Å². The Morgan fingerprint density at radius 2 is 2.23 bits per heavy atom. The van der Waals surface area contributed by atoms with Gasteiger partial charge in [0.05, 0.1) is 22.6 Å². The summed E-state index contributed by atoms with van der Waals surface area (Å²) >= 11 is 1.31. The number of thiophene rings is 1. The number of ether oxygens (including phenoxy) is 1.